The van der Waals surface area contributed by atoms with Crippen LogP contribution in [0.3, 0.4) is 0 Å². The van der Waals surface area contributed by atoms with Gasteiger partial charge in [-0.25, -0.2) is 4.18 Å². The van der Waals surface area contributed by atoms with Crippen LogP contribution in [0.25, 0.3) is 0 Å². The Kier molecular flexibility index (Phi) is 29.0. The highest BCUT2D eigenvalue weighted by atomic mass is 32.3. The third kappa shape index (κ3) is 35.0. The lowest BCUT2D eigenvalue weighted by molar-refractivity contribution is 0.0904. The van der Waals surface area contributed by atoms with Gasteiger partial charge in [0.2, 0.25) is 0 Å². The first-order valence-electron chi connectivity index (χ1n) is 9.78. The van der Waals surface area contributed by atoms with Gasteiger partial charge in [0.25, 0.3) is 0 Å². The molecule has 0 rings (SSSR count). The van der Waals surface area contributed by atoms with E-state index in [0.717, 1.165) is 32.3 Å². The minimum Gasteiger partial charge on any atom is -0.394 e. The molecule has 0 radical (unpaired) electrons. The van der Waals surface area contributed by atoms with Gasteiger partial charge in [-0.2, -0.15) is 8.42 Å². The molecular weight excluding hydrogens is 358 g/mol. The molecular formula is C18H43NO6S. The van der Waals surface area contributed by atoms with Gasteiger partial charge in [-0.15, -0.1) is 0 Å². The van der Waals surface area contributed by atoms with Gasteiger partial charge in [0, 0.05) is 6.61 Å². The molecule has 162 valence electrons. The fourth-order valence-corrected chi connectivity index (χ4v) is 2.50. The zero-order valence-electron chi connectivity index (χ0n) is 17.0. The Bertz CT molecular complexity index is 333. The molecule has 0 bridgehead atoms. The maximum absolute atomic E-state index is 10.2. The van der Waals surface area contributed by atoms with Crippen molar-refractivity contribution in [3.8, 4) is 0 Å². The molecule has 0 heterocycles. The maximum atomic E-state index is 10.2. The van der Waals surface area contributed by atoms with Gasteiger partial charge in [0.1, 0.15) is 0 Å². The molecule has 0 aliphatic heterocycles. The molecule has 0 spiro atoms. The highest BCUT2D eigenvalue weighted by Crippen LogP contribution is 2.10. The van der Waals surface area contributed by atoms with Crippen LogP contribution in [0.1, 0.15) is 90.9 Å². The number of rotatable bonds is 17. The van der Waals surface area contributed by atoms with Crippen LogP contribution in [0.2, 0.25) is 0 Å². The van der Waals surface area contributed by atoms with Crippen LogP contribution in [-0.4, -0.2) is 44.5 Å². The van der Waals surface area contributed by atoms with E-state index in [1.54, 1.807) is 0 Å². The van der Waals surface area contributed by atoms with Crippen LogP contribution >= 0.6 is 0 Å². The van der Waals surface area contributed by atoms with Crippen molar-refractivity contribution in [2.75, 3.05) is 26.4 Å². The molecule has 0 atom stereocenters. The SMILES string of the molecule is CCCCCCCCCCCCOS(=O)(=O)O.CCCCOCCO.N. The summed E-state index contributed by atoms with van der Waals surface area (Å²) in [7, 11) is -4.23. The summed E-state index contributed by atoms with van der Waals surface area (Å²) in [6, 6.07) is 0. The third-order valence-corrected chi connectivity index (χ3v) is 4.07. The number of hydrogen-bond acceptors (Lipinski definition) is 6. The van der Waals surface area contributed by atoms with E-state index in [1.807, 2.05) is 0 Å². The van der Waals surface area contributed by atoms with E-state index in [0.29, 0.717) is 13.0 Å². The molecule has 5 N–H and O–H groups in total. The van der Waals surface area contributed by atoms with Crippen LogP contribution in [0.5, 0.6) is 0 Å². The second-order valence-corrected chi connectivity index (χ2v) is 7.21. The Morgan fingerprint density at radius 3 is 1.58 bits per heavy atom. The van der Waals surface area contributed by atoms with Crippen molar-refractivity contribution in [1.29, 1.82) is 0 Å². The first-order valence-corrected chi connectivity index (χ1v) is 11.1. The predicted octanol–water partition coefficient (Wildman–Crippen LogP) is 4.68. The molecule has 0 aromatic rings. The second-order valence-electron chi connectivity index (χ2n) is 6.12. The summed E-state index contributed by atoms with van der Waals surface area (Å²) in [5, 5.41) is 8.24. The number of ether oxygens (including phenoxy) is 1. The summed E-state index contributed by atoms with van der Waals surface area (Å²) in [5.74, 6) is 0. The zero-order valence-corrected chi connectivity index (χ0v) is 17.8. The highest BCUT2D eigenvalue weighted by molar-refractivity contribution is 7.80. The molecule has 8 heteroatoms. The minimum absolute atomic E-state index is 0. The molecule has 26 heavy (non-hydrogen) atoms. The summed E-state index contributed by atoms with van der Waals surface area (Å²) in [5.41, 5.74) is 0. The Labute approximate surface area is 161 Å². The van der Waals surface area contributed by atoms with Crippen molar-refractivity contribution < 1.29 is 27.0 Å². The van der Waals surface area contributed by atoms with Gasteiger partial charge in [-0.05, 0) is 12.8 Å². The highest BCUT2D eigenvalue weighted by Gasteiger charge is 2.02. The van der Waals surface area contributed by atoms with E-state index in [2.05, 4.69) is 18.0 Å². The Hall–Kier alpha value is -0.250. The lowest BCUT2D eigenvalue weighted by Gasteiger charge is -2.02. The molecule has 0 unspecified atom stereocenters. The summed E-state index contributed by atoms with van der Waals surface area (Å²) < 4.78 is 38.0. The van der Waals surface area contributed by atoms with Crippen molar-refractivity contribution in [2.24, 2.45) is 0 Å². The average Bonchev–Trinajstić information content (AvgIpc) is 2.56. The van der Waals surface area contributed by atoms with E-state index < -0.39 is 10.4 Å². The number of unbranched alkanes of at least 4 members (excludes halogenated alkanes) is 10. The van der Waals surface area contributed by atoms with Crippen molar-refractivity contribution in [1.82, 2.24) is 6.15 Å². The van der Waals surface area contributed by atoms with Gasteiger partial charge in [0.05, 0.1) is 19.8 Å². The van der Waals surface area contributed by atoms with E-state index >= 15 is 0 Å². The topological polar surface area (TPSA) is 128 Å². The molecule has 0 aromatic heterocycles. The molecule has 0 aliphatic rings. The molecule has 0 aromatic carbocycles. The van der Waals surface area contributed by atoms with Crippen LogP contribution in [0, 0.1) is 0 Å². The smallest absolute Gasteiger partial charge is 0.394 e. The van der Waals surface area contributed by atoms with Gasteiger partial charge < -0.3 is 16.0 Å². The second kappa shape index (κ2) is 24.8. The molecule has 0 aliphatic carbocycles. The standard InChI is InChI=1S/C12H26O4S.C6H14O2.H3N/c1-2-3-4-5-6-7-8-9-10-11-12-16-17(13,14)15;1-2-3-5-8-6-4-7;/h2-12H2,1H3,(H,13,14,15);7H,2-6H2,1H3;1H3. The predicted molar refractivity (Wildman–Crippen MR) is 107 cm³/mol. The number of hydrogen-bond donors (Lipinski definition) is 3. The van der Waals surface area contributed by atoms with Crippen LogP contribution in [-0.2, 0) is 19.3 Å². The van der Waals surface area contributed by atoms with Crippen LogP contribution in [0.15, 0.2) is 0 Å². The molecule has 0 fully saturated rings. The van der Waals surface area contributed by atoms with Crippen molar-refractivity contribution in [3.05, 3.63) is 0 Å². The van der Waals surface area contributed by atoms with Gasteiger partial charge in [0.15, 0.2) is 0 Å². The first-order chi connectivity index (χ1) is 12.0. The van der Waals surface area contributed by atoms with E-state index in [9.17, 15) is 8.42 Å². The molecule has 7 nitrogen and oxygen atoms in total. The van der Waals surface area contributed by atoms with Gasteiger partial charge in [-0.1, -0.05) is 78.1 Å². The van der Waals surface area contributed by atoms with Crippen molar-refractivity contribution in [3.63, 3.8) is 0 Å². The van der Waals surface area contributed by atoms with Crippen LogP contribution < -0.4 is 6.15 Å². The van der Waals surface area contributed by atoms with Crippen LogP contribution in [0.4, 0.5) is 0 Å². The van der Waals surface area contributed by atoms with Crippen molar-refractivity contribution in [2.45, 2.75) is 90.9 Å². The van der Waals surface area contributed by atoms with Crippen molar-refractivity contribution >= 4 is 10.4 Å². The maximum Gasteiger partial charge on any atom is 0.397 e. The summed E-state index contributed by atoms with van der Waals surface area (Å²) in [6.07, 6.45) is 14.1. The average molecular weight is 402 g/mol. The summed E-state index contributed by atoms with van der Waals surface area (Å²) >= 11 is 0. The monoisotopic (exact) mass is 401 g/mol. The number of aliphatic hydroxyl groups is 1. The normalized spacial score (nSPS) is 10.8. The minimum atomic E-state index is -4.23. The van der Waals surface area contributed by atoms with Gasteiger partial charge >= 0.3 is 10.4 Å². The Balaban J connectivity index is -0.000000498. The van der Waals surface area contributed by atoms with E-state index in [4.69, 9.17) is 14.4 Å². The molecule has 0 amide bonds. The zero-order chi connectivity index (χ0) is 19.2. The quantitative estimate of drug-likeness (QED) is 0.238. The lowest BCUT2D eigenvalue weighted by atomic mass is 10.1. The van der Waals surface area contributed by atoms with E-state index in [1.165, 1.54) is 44.9 Å². The fraction of sp³-hybridized carbons (Fsp3) is 1.00. The Morgan fingerprint density at radius 1 is 0.692 bits per heavy atom. The van der Waals surface area contributed by atoms with Gasteiger partial charge in [-0.3, -0.25) is 4.55 Å². The van der Waals surface area contributed by atoms with E-state index in [-0.39, 0.29) is 19.4 Å². The summed E-state index contributed by atoms with van der Waals surface area (Å²) in [6.45, 7) is 5.84. The molecule has 0 saturated heterocycles. The molecule has 0 saturated carbocycles. The third-order valence-electron chi connectivity index (χ3n) is 3.61. The summed E-state index contributed by atoms with van der Waals surface area (Å²) in [4.78, 5) is 0. The number of aliphatic hydroxyl groups excluding tert-OH is 1. The fourth-order valence-electron chi connectivity index (χ4n) is 2.17. The largest absolute Gasteiger partial charge is 0.397 e. The first kappa shape index (κ1) is 30.5. The Morgan fingerprint density at radius 2 is 1.15 bits per heavy atom. The lowest BCUT2D eigenvalue weighted by Crippen LogP contribution is -2.04.